The fraction of sp³-hybridized carbons (Fsp3) is 1.00. The molecule has 15 heavy (non-hydrogen) atoms. The summed E-state index contributed by atoms with van der Waals surface area (Å²) < 4.78 is 0. The zero-order chi connectivity index (χ0) is 11.5. The standard InChI is InChI=1S/C13H27NO/c1-5-14-11(4)13(15)8-6-7-12(9-13)10(2)3/h10-12,14-15H,5-9H2,1-4H3. The maximum atomic E-state index is 10.6. The van der Waals surface area contributed by atoms with Gasteiger partial charge >= 0.3 is 0 Å². The molecular weight excluding hydrogens is 186 g/mol. The molecule has 2 heteroatoms. The predicted octanol–water partition coefficient (Wildman–Crippen LogP) is 2.56. The van der Waals surface area contributed by atoms with Crippen molar-refractivity contribution in [2.75, 3.05) is 6.54 Å². The van der Waals surface area contributed by atoms with Crippen LogP contribution in [0.3, 0.4) is 0 Å². The second kappa shape index (κ2) is 5.31. The lowest BCUT2D eigenvalue weighted by Gasteiger charge is -2.42. The summed E-state index contributed by atoms with van der Waals surface area (Å²) in [5, 5.41) is 14.0. The summed E-state index contributed by atoms with van der Waals surface area (Å²) in [6.07, 6.45) is 4.40. The first-order chi connectivity index (χ1) is 6.99. The molecule has 1 aliphatic carbocycles. The normalized spacial score (nSPS) is 34.4. The largest absolute Gasteiger partial charge is 0.388 e. The Morgan fingerprint density at radius 3 is 2.60 bits per heavy atom. The molecule has 0 amide bonds. The Hall–Kier alpha value is -0.0800. The van der Waals surface area contributed by atoms with E-state index in [1.807, 2.05) is 0 Å². The van der Waals surface area contributed by atoms with Crippen molar-refractivity contribution >= 4 is 0 Å². The highest BCUT2D eigenvalue weighted by atomic mass is 16.3. The van der Waals surface area contributed by atoms with Gasteiger partial charge in [-0.15, -0.1) is 0 Å². The van der Waals surface area contributed by atoms with Gasteiger partial charge in [-0.05, 0) is 44.6 Å². The average Bonchev–Trinajstić information content (AvgIpc) is 2.18. The molecule has 0 radical (unpaired) electrons. The molecule has 0 aromatic rings. The van der Waals surface area contributed by atoms with Crippen molar-refractivity contribution in [1.29, 1.82) is 0 Å². The molecule has 3 atom stereocenters. The number of hydrogen-bond acceptors (Lipinski definition) is 2. The van der Waals surface area contributed by atoms with Gasteiger partial charge in [-0.25, -0.2) is 0 Å². The van der Waals surface area contributed by atoms with Crippen LogP contribution in [0.15, 0.2) is 0 Å². The first kappa shape index (κ1) is 13.0. The monoisotopic (exact) mass is 213 g/mol. The molecule has 0 bridgehead atoms. The van der Waals surface area contributed by atoms with E-state index in [4.69, 9.17) is 0 Å². The molecule has 90 valence electrons. The molecule has 0 aromatic heterocycles. The van der Waals surface area contributed by atoms with Crippen LogP contribution in [-0.4, -0.2) is 23.3 Å². The fourth-order valence-electron chi connectivity index (χ4n) is 2.79. The molecule has 3 unspecified atom stereocenters. The Morgan fingerprint density at radius 2 is 2.07 bits per heavy atom. The Morgan fingerprint density at radius 1 is 1.40 bits per heavy atom. The van der Waals surface area contributed by atoms with Crippen LogP contribution in [0.2, 0.25) is 0 Å². The molecule has 2 nitrogen and oxygen atoms in total. The molecule has 1 aliphatic rings. The Labute approximate surface area is 94.5 Å². The van der Waals surface area contributed by atoms with Crippen LogP contribution in [0.5, 0.6) is 0 Å². The molecule has 1 saturated carbocycles. The van der Waals surface area contributed by atoms with Crippen molar-refractivity contribution in [2.45, 2.75) is 65.0 Å². The molecule has 0 aliphatic heterocycles. The van der Waals surface area contributed by atoms with E-state index in [1.165, 1.54) is 12.8 Å². The van der Waals surface area contributed by atoms with Crippen LogP contribution >= 0.6 is 0 Å². The lowest BCUT2D eigenvalue weighted by Crippen LogP contribution is -2.52. The predicted molar refractivity (Wildman–Crippen MR) is 64.9 cm³/mol. The third-order valence-electron chi connectivity index (χ3n) is 4.06. The Bertz CT molecular complexity index is 193. The topological polar surface area (TPSA) is 32.3 Å². The smallest absolute Gasteiger partial charge is 0.0800 e. The lowest BCUT2D eigenvalue weighted by atomic mass is 9.71. The highest BCUT2D eigenvalue weighted by Crippen LogP contribution is 2.38. The third kappa shape index (κ3) is 3.18. The molecule has 0 saturated heterocycles. The van der Waals surface area contributed by atoms with Crippen molar-refractivity contribution in [3.05, 3.63) is 0 Å². The van der Waals surface area contributed by atoms with Gasteiger partial charge in [0.15, 0.2) is 0 Å². The van der Waals surface area contributed by atoms with Gasteiger partial charge in [-0.1, -0.05) is 27.2 Å². The first-order valence-electron chi connectivity index (χ1n) is 6.45. The summed E-state index contributed by atoms with van der Waals surface area (Å²) in [5.41, 5.74) is -0.469. The minimum Gasteiger partial charge on any atom is -0.388 e. The Kier molecular flexibility index (Phi) is 4.60. The van der Waals surface area contributed by atoms with E-state index < -0.39 is 5.60 Å². The van der Waals surface area contributed by atoms with Gasteiger partial charge in [-0.2, -0.15) is 0 Å². The van der Waals surface area contributed by atoms with Gasteiger partial charge in [0.05, 0.1) is 5.60 Å². The van der Waals surface area contributed by atoms with Gasteiger partial charge < -0.3 is 10.4 Å². The van der Waals surface area contributed by atoms with Crippen LogP contribution in [0.1, 0.15) is 53.4 Å². The van der Waals surface area contributed by atoms with Crippen LogP contribution in [0, 0.1) is 11.8 Å². The first-order valence-corrected chi connectivity index (χ1v) is 6.45. The van der Waals surface area contributed by atoms with Crippen molar-refractivity contribution in [3.63, 3.8) is 0 Å². The summed E-state index contributed by atoms with van der Waals surface area (Å²) in [6.45, 7) is 9.70. The van der Waals surface area contributed by atoms with Gasteiger partial charge in [0.25, 0.3) is 0 Å². The summed E-state index contributed by atoms with van der Waals surface area (Å²) in [7, 11) is 0. The molecular formula is C13H27NO. The SMILES string of the molecule is CCNC(C)C1(O)CCCC(C(C)C)C1. The van der Waals surface area contributed by atoms with E-state index in [1.54, 1.807) is 0 Å². The number of nitrogens with one attached hydrogen (secondary N) is 1. The van der Waals surface area contributed by atoms with Crippen LogP contribution in [0.25, 0.3) is 0 Å². The van der Waals surface area contributed by atoms with Crippen molar-refractivity contribution in [1.82, 2.24) is 5.32 Å². The number of aliphatic hydroxyl groups is 1. The van der Waals surface area contributed by atoms with Crippen molar-refractivity contribution in [3.8, 4) is 0 Å². The second-order valence-corrected chi connectivity index (χ2v) is 5.48. The van der Waals surface area contributed by atoms with E-state index in [2.05, 4.69) is 33.0 Å². The zero-order valence-electron chi connectivity index (χ0n) is 10.7. The molecule has 0 heterocycles. The molecule has 0 aromatic carbocycles. The summed E-state index contributed by atoms with van der Waals surface area (Å²) >= 11 is 0. The minimum absolute atomic E-state index is 0.226. The zero-order valence-corrected chi connectivity index (χ0v) is 10.7. The third-order valence-corrected chi connectivity index (χ3v) is 4.06. The highest BCUT2D eigenvalue weighted by Gasteiger charge is 2.39. The summed E-state index contributed by atoms with van der Waals surface area (Å²) in [5.74, 6) is 1.40. The number of rotatable bonds is 4. The van der Waals surface area contributed by atoms with Gasteiger partial charge in [0, 0.05) is 6.04 Å². The van der Waals surface area contributed by atoms with Crippen LogP contribution in [-0.2, 0) is 0 Å². The van der Waals surface area contributed by atoms with Crippen LogP contribution in [0.4, 0.5) is 0 Å². The molecule has 2 N–H and O–H groups in total. The van der Waals surface area contributed by atoms with E-state index in [0.717, 1.165) is 19.4 Å². The van der Waals surface area contributed by atoms with Crippen molar-refractivity contribution < 1.29 is 5.11 Å². The number of likely N-dealkylation sites (N-methyl/N-ethyl adjacent to an activating group) is 1. The van der Waals surface area contributed by atoms with E-state index in [9.17, 15) is 5.11 Å². The molecule has 1 fully saturated rings. The highest BCUT2D eigenvalue weighted by molar-refractivity contribution is 4.94. The van der Waals surface area contributed by atoms with Crippen molar-refractivity contribution in [2.24, 2.45) is 11.8 Å². The quantitative estimate of drug-likeness (QED) is 0.752. The summed E-state index contributed by atoms with van der Waals surface area (Å²) in [6, 6.07) is 0.226. The number of hydrogen-bond donors (Lipinski definition) is 2. The van der Waals surface area contributed by atoms with Gasteiger partial charge in [0.1, 0.15) is 0 Å². The lowest BCUT2D eigenvalue weighted by molar-refractivity contribution is -0.0491. The molecule has 1 rings (SSSR count). The van der Waals surface area contributed by atoms with E-state index in [0.29, 0.717) is 11.8 Å². The Balaban J connectivity index is 2.59. The average molecular weight is 213 g/mol. The van der Waals surface area contributed by atoms with Crippen LogP contribution < -0.4 is 5.32 Å². The summed E-state index contributed by atoms with van der Waals surface area (Å²) in [4.78, 5) is 0. The molecule has 0 spiro atoms. The van der Waals surface area contributed by atoms with E-state index in [-0.39, 0.29) is 6.04 Å². The maximum absolute atomic E-state index is 10.6. The van der Waals surface area contributed by atoms with Gasteiger partial charge in [-0.3, -0.25) is 0 Å². The maximum Gasteiger partial charge on any atom is 0.0800 e. The minimum atomic E-state index is -0.469. The van der Waals surface area contributed by atoms with E-state index >= 15 is 0 Å². The second-order valence-electron chi connectivity index (χ2n) is 5.48. The van der Waals surface area contributed by atoms with Gasteiger partial charge in [0.2, 0.25) is 0 Å². The fourth-order valence-corrected chi connectivity index (χ4v) is 2.79.